The first kappa shape index (κ1) is 21.1. The summed E-state index contributed by atoms with van der Waals surface area (Å²) in [7, 11) is 0. The number of carbonyl (C=O) groups is 2. The quantitative estimate of drug-likeness (QED) is 0.712. The monoisotopic (exact) mass is 431 g/mol. The van der Waals surface area contributed by atoms with Crippen LogP contribution in [0.15, 0.2) is 18.7 Å². The van der Waals surface area contributed by atoms with E-state index in [1.807, 2.05) is 0 Å². The van der Waals surface area contributed by atoms with Crippen molar-refractivity contribution in [2.24, 2.45) is 0 Å². The Hall–Kier alpha value is -3.11. The second-order valence-corrected chi connectivity index (χ2v) is 8.18. The SMILES string of the molecule is Cc1ncnn1-c1ncc(C(=O)N(C2CC2)C2CCN(C(=O)OC(C)C)C[C@@H]2F)cn1. The number of rotatable bonds is 5. The van der Waals surface area contributed by atoms with E-state index in [1.54, 1.807) is 25.7 Å². The highest BCUT2D eigenvalue weighted by atomic mass is 19.1. The molecule has 4 rings (SSSR count). The second kappa shape index (κ2) is 8.56. The molecule has 2 aromatic rings. The Kier molecular flexibility index (Phi) is 5.84. The Bertz CT molecular complexity index is 945. The van der Waals surface area contributed by atoms with Gasteiger partial charge in [0.15, 0.2) is 0 Å². The van der Waals surface area contributed by atoms with Gasteiger partial charge in [0.1, 0.15) is 18.3 Å². The molecule has 0 bridgehead atoms. The predicted molar refractivity (Wildman–Crippen MR) is 107 cm³/mol. The lowest BCUT2D eigenvalue weighted by Crippen LogP contribution is -2.56. The fourth-order valence-electron chi connectivity index (χ4n) is 3.77. The van der Waals surface area contributed by atoms with Gasteiger partial charge in [-0.1, -0.05) is 0 Å². The van der Waals surface area contributed by atoms with Gasteiger partial charge in [0, 0.05) is 25.0 Å². The van der Waals surface area contributed by atoms with E-state index in [0.717, 1.165) is 12.8 Å². The number of aromatic nitrogens is 5. The van der Waals surface area contributed by atoms with Crippen molar-refractivity contribution in [1.82, 2.24) is 34.5 Å². The smallest absolute Gasteiger partial charge is 0.410 e. The van der Waals surface area contributed by atoms with Gasteiger partial charge >= 0.3 is 6.09 Å². The molecule has 1 aliphatic heterocycles. The van der Waals surface area contributed by atoms with E-state index in [2.05, 4.69) is 20.1 Å². The number of hydrogen-bond acceptors (Lipinski definition) is 7. The number of carbonyl (C=O) groups excluding carboxylic acids is 2. The number of likely N-dealkylation sites (tertiary alicyclic amines) is 1. The van der Waals surface area contributed by atoms with Crippen molar-refractivity contribution < 1.29 is 18.7 Å². The zero-order chi connectivity index (χ0) is 22.1. The lowest BCUT2D eigenvalue weighted by Gasteiger charge is -2.40. The van der Waals surface area contributed by atoms with Crippen LogP contribution in [-0.2, 0) is 4.74 Å². The number of piperidine rings is 1. The first-order chi connectivity index (χ1) is 14.8. The fraction of sp³-hybridized carbons (Fsp3) is 0.600. The average molecular weight is 431 g/mol. The molecule has 1 saturated heterocycles. The van der Waals surface area contributed by atoms with Crippen LogP contribution in [0.3, 0.4) is 0 Å². The van der Waals surface area contributed by atoms with Crippen LogP contribution >= 0.6 is 0 Å². The summed E-state index contributed by atoms with van der Waals surface area (Å²) in [5, 5.41) is 4.05. The molecule has 0 aromatic carbocycles. The normalized spacial score (nSPS) is 21.3. The molecular weight excluding hydrogens is 405 g/mol. The van der Waals surface area contributed by atoms with Crippen molar-refractivity contribution in [3.05, 3.63) is 30.1 Å². The molecule has 2 aromatic heterocycles. The molecule has 2 fully saturated rings. The minimum Gasteiger partial charge on any atom is -0.447 e. The topological polar surface area (TPSA) is 106 Å². The zero-order valence-electron chi connectivity index (χ0n) is 17.8. The lowest BCUT2D eigenvalue weighted by atomic mass is 10.0. The van der Waals surface area contributed by atoms with Gasteiger partial charge in [-0.15, -0.1) is 0 Å². The highest BCUT2D eigenvalue weighted by Crippen LogP contribution is 2.34. The van der Waals surface area contributed by atoms with Gasteiger partial charge in [-0.25, -0.2) is 24.1 Å². The number of ether oxygens (including phenoxy) is 1. The van der Waals surface area contributed by atoms with Crippen LogP contribution in [0.1, 0.15) is 49.3 Å². The minimum atomic E-state index is -1.35. The summed E-state index contributed by atoms with van der Waals surface area (Å²) in [6, 6.07) is -0.595. The third-order valence-electron chi connectivity index (χ3n) is 5.43. The van der Waals surface area contributed by atoms with Crippen LogP contribution in [0.5, 0.6) is 0 Å². The molecule has 1 aliphatic carbocycles. The number of alkyl halides is 1. The number of aryl methyl sites for hydroxylation is 1. The molecule has 2 amide bonds. The summed E-state index contributed by atoms with van der Waals surface area (Å²) >= 11 is 0. The Balaban J connectivity index is 1.47. The van der Waals surface area contributed by atoms with Crippen LogP contribution in [0.25, 0.3) is 5.95 Å². The van der Waals surface area contributed by atoms with Crippen LogP contribution in [0.4, 0.5) is 9.18 Å². The first-order valence-corrected chi connectivity index (χ1v) is 10.5. The van der Waals surface area contributed by atoms with Gasteiger partial charge in [-0.05, 0) is 40.0 Å². The average Bonchev–Trinajstić information content (AvgIpc) is 3.48. The summed E-state index contributed by atoms with van der Waals surface area (Å²) in [4.78, 5) is 40.8. The Morgan fingerprint density at radius 2 is 1.90 bits per heavy atom. The van der Waals surface area contributed by atoms with E-state index in [4.69, 9.17) is 4.74 Å². The number of hydrogen-bond donors (Lipinski definition) is 0. The van der Waals surface area contributed by atoms with Gasteiger partial charge in [-0.3, -0.25) is 4.79 Å². The van der Waals surface area contributed by atoms with E-state index < -0.39 is 18.3 Å². The molecule has 2 aliphatic rings. The third-order valence-corrected chi connectivity index (χ3v) is 5.43. The Morgan fingerprint density at radius 1 is 1.19 bits per heavy atom. The van der Waals surface area contributed by atoms with E-state index in [0.29, 0.717) is 30.3 Å². The highest BCUT2D eigenvalue weighted by Gasteiger charge is 2.44. The number of amides is 2. The zero-order valence-corrected chi connectivity index (χ0v) is 17.8. The van der Waals surface area contributed by atoms with Crippen molar-refractivity contribution in [2.75, 3.05) is 13.1 Å². The largest absolute Gasteiger partial charge is 0.447 e. The molecule has 1 saturated carbocycles. The van der Waals surface area contributed by atoms with Crippen LogP contribution < -0.4 is 0 Å². The molecule has 1 unspecified atom stereocenters. The van der Waals surface area contributed by atoms with Gasteiger partial charge < -0.3 is 14.5 Å². The van der Waals surface area contributed by atoms with Gasteiger partial charge in [0.2, 0.25) is 0 Å². The van der Waals surface area contributed by atoms with Gasteiger partial charge in [-0.2, -0.15) is 9.78 Å². The second-order valence-electron chi connectivity index (χ2n) is 8.18. The maximum Gasteiger partial charge on any atom is 0.410 e. The molecule has 10 nitrogen and oxygen atoms in total. The van der Waals surface area contributed by atoms with Crippen molar-refractivity contribution >= 4 is 12.0 Å². The van der Waals surface area contributed by atoms with Crippen molar-refractivity contribution in [2.45, 2.75) is 64.4 Å². The van der Waals surface area contributed by atoms with Crippen molar-refractivity contribution in [1.29, 1.82) is 0 Å². The molecule has 0 N–H and O–H groups in total. The fourth-order valence-corrected chi connectivity index (χ4v) is 3.77. The van der Waals surface area contributed by atoms with E-state index in [9.17, 15) is 9.59 Å². The van der Waals surface area contributed by atoms with Crippen molar-refractivity contribution in [3.8, 4) is 5.95 Å². The van der Waals surface area contributed by atoms with Crippen LogP contribution in [0, 0.1) is 6.92 Å². The summed E-state index contributed by atoms with van der Waals surface area (Å²) in [6.45, 7) is 5.53. The van der Waals surface area contributed by atoms with Crippen LogP contribution in [-0.4, -0.2) is 84.0 Å². The molecule has 3 heterocycles. The predicted octanol–water partition coefficient (Wildman–Crippen LogP) is 1.93. The summed E-state index contributed by atoms with van der Waals surface area (Å²) in [5.74, 6) is 0.641. The number of halogens is 1. The molecule has 0 radical (unpaired) electrons. The minimum absolute atomic E-state index is 0.00199. The third kappa shape index (κ3) is 4.49. The maximum atomic E-state index is 15.1. The standard InChI is InChI=1S/C20H26FN7O3/c1-12(2)31-20(30)26-7-6-17(16(21)10-26)27(15-4-5-15)18(29)14-8-22-19(23-9-14)28-13(3)24-11-25-28/h8-9,11-12,15-17H,4-7,10H2,1-3H3/t16-,17?/m0/s1. The van der Waals surface area contributed by atoms with Gasteiger partial charge in [0.05, 0.1) is 24.3 Å². The Labute approximate surface area is 179 Å². The van der Waals surface area contributed by atoms with E-state index in [-0.39, 0.29) is 24.6 Å². The highest BCUT2D eigenvalue weighted by molar-refractivity contribution is 5.94. The molecular formula is C20H26FN7O3. The lowest BCUT2D eigenvalue weighted by molar-refractivity contribution is 0.0153. The van der Waals surface area contributed by atoms with E-state index >= 15 is 4.39 Å². The molecule has 31 heavy (non-hydrogen) atoms. The van der Waals surface area contributed by atoms with E-state index in [1.165, 1.54) is 28.3 Å². The molecule has 166 valence electrons. The number of nitrogens with zero attached hydrogens (tertiary/aromatic N) is 7. The first-order valence-electron chi connectivity index (χ1n) is 10.5. The summed E-state index contributed by atoms with van der Waals surface area (Å²) in [6.07, 6.45) is 4.16. The van der Waals surface area contributed by atoms with Gasteiger partial charge in [0.25, 0.3) is 11.9 Å². The molecule has 0 spiro atoms. The maximum absolute atomic E-state index is 15.1. The summed E-state index contributed by atoms with van der Waals surface area (Å²) in [5.41, 5.74) is 0.294. The molecule has 11 heteroatoms. The van der Waals surface area contributed by atoms with Crippen molar-refractivity contribution in [3.63, 3.8) is 0 Å². The Morgan fingerprint density at radius 3 is 2.45 bits per heavy atom. The molecule has 2 atom stereocenters. The summed E-state index contributed by atoms with van der Waals surface area (Å²) < 4.78 is 21.8. The van der Waals surface area contributed by atoms with Crippen LogP contribution in [0.2, 0.25) is 0 Å².